The Morgan fingerprint density at radius 1 is 1.04 bits per heavy atom. The Labute approximate surface area is 169 Å². The van der Waals surface area contributed by atoms with Crippen molar-refractivity contribution in [2.45, 2.75) is 77.4 Å². The number of benzene rings is 1. The van der Waals surface area contributed by atoms with Crippen molar-refractivity contribution in [3.63, 3.8) is 0 Å². The number of hydrazone groups is 1. The highest BCUT2D eigenvalue weighted by atomic mass is 19.1. The Balaban J connectivity index is 1.54. The molecule has 2 nitrogen and oxygen atoms in total. The average molecular weight is 383 g/mol. The highest BCUT2D eigenvalue weighted by Crippen LogP contribution is 2.38. The maximum absolute atomic E-state index is 13.7. The van der Waals surface area contributed by atoms with Gasteiger partial charge in [-0.1, -0.05) is 68.2 Å². The average Bonchev–Trinajstić information content (AvgIpc) is 3.06. The molecule has 1 aromatic carbocycles. The van der Waals surface area contributed by atoms with Gasteiger partial charge in [0, 0.05) is 12.5 Å². The second-order valence-corrected chi connectivity index (χ2v) is 9.14. The summed E-state index contributed by atoms with van der Waals surface area (Å²) in [6.45, 7) is 5.72. The topological polar surface area (TPSA) is 15.6 Å². The molecule has 0 N–H and O–H groups in total. The van der Waals surface area contributed by atoms with Gasteiger partial charge >= 0.3 is 0 Å². The number of nitrogens with zero attached hydrogens (tertiary/aromatic N) is 2. The van der Waals surface area contributed by atoms with E-state index >= 15 is 0 Å². The van der Waals surface area contributed by atoms with Crippen LogP contribution in [0.2, 0.25) is 0 Å². The molecule has 0 aromatic heterocycles. The molecule has 0 saturated heterocycles. The Hall–Kier alpha value is -1.64. The maximum atomic E-state index is 13.7. The molecule has 1 fully saturated rings. The Bertz CT molecular complexity index is 703. The fourth-order valence-electron chi connectivity index (χ4n) is 5.42. The van der Waals surface area contributed by atoms with Crippen LogP contribution >= 0.6 is 0 Å². The summed E-state index contributed by atoms with van der Waals surface area (Å²) in [7, 11) is 0. The van der Waals surface area contributed by atoms with Gasteiger partial charge in [-0.25, -0.2) is 4.39 Å². The second-order valence-electron chi connectivity index (χ2n) is 9.14. The first kappa shape index (κ1) is 19.7. The van der Waals surface area contributed by atoms with E-state index < -0.39 is 6.17 Å². The van der Waals surface area contributed by atoms with Gasteiger partial charge in [-0.05, 0) is 56.4 Å². The van der Waals surface area contributed by atoms with E-state index in [1.807, 2.05) is 0 Å². The zero-order chi connectivity index (χ0) is 19.5. The highest BCUT2D eigenvalue weighted by Gasteiger charge is 2.39. The fraction of sp³-hybridized carbons (Fsp3) is 0.640. The molecule has 1 saturated carbocycles. The molecule has 0 radical (unpaired) electrons. The fourth-order valence-corrected chi connectivity index (χ4v) is 5.42. The summed E-state index contributed by atoms with van der Waals surface area (Å²) in [5.41, 5.74) is 3.82. The van der Waals surface area contributed by atoms with Crippen molar-refractivity contribution in [1.82, 2.24) is 5.01 Å². The summed E-state index contributed by atoms with van der Waals surface area (Å²) in [4.78, 5) is 0. The minimum absolute atomic E-state index is 0.307. The van der Waals surface area contributed by atoms with Crippen LogP contribution in [-0.2, 0) is 0 Å². The molecular weight excluding hydrogens is 347 g/mol. The van der Waals surface area contributed by atoms with E-state index in [4.69, 9.17) is 5.10 Å². The van der Waals surface area contributed by atoms with Crippen molar-refractivity contribution in [1.29, 1.82) is 0 Å². The van der Waals surface area contributed by atoms with E-state index in [2.05, 4.69) is 55.3 Å². The smallest absolute Gasteiger partial charge is 0.104 e. The molecule has 1 heterocycles. The van der Waals surface area contributed by atoms with Crippen LogP contribution in [0.3, 0.4) is 0 Å². The summed E-state index contributed by atoms with van der Waals surface area (Å²) in [6.07, 6.45) is 10.4. The molecule has 3 heteroatoms. The predicted octanol–water partition coefficient (Wildman–Crippen LogP) is 6.38. The molecule has 4 rings (SSSR count). The quantitative estimate of drug-likeness (QED) is 0.540. The van der Waals surface area contributed by atoms with Crippen molar-refractivity contribution in [2.75, 3.05) is 6.54 Å². The minimum atomic E-state index is -0.664. The third-order valence-electron chi connectivity index (χ3n) is 7.32. The van der Waals surface area contributed by atoms with Crippen LogP contribution in [0.1, 0.15) is 70.8 Å². The molecule has 3 aliphatic rings. The van der Waals surface area contributed by atoms with Crippen LogP contribution < -0.4 is 0 Å². The van der Waals surface area contributed by atoms with Gasteiger partial charge in [-0.3, -0.25) is 5.01 Å². The summed E-state index contributed by atoms with van der Waals surface area (Å²) in [5.74, 6) is 2.01. The number of alkyl halides is 1. The highest BCUT2D eigenvalue weighted by molar-refractivity contribution is 6.05. The summed E-state index contributed by atoms with van der Waals surface area (Å²) < 4.78 is 13.7. The SMILES string of the molecule is CCC1CCC(CN2N=C(c3ccccc3)C(C3=CCC(F)CC3)C2C)CC1. The zero-order valence-corrected chi connectivity index (χ0v) is 17.5. The van der Waals surface area contributed by atoms with Crippen molar-refractivity contribution in [3.05, 3.63) is 47.5 Å². The third-order valence-corrected chi connectivity index (χ3v) is 7.32. The van der Waals surface area contributed by atoms with E-state index in [-0.39, 0.29) is 0 Å². The normalized spacial score (nSPS) is 33.5. The van der Waals surface area contributed by atoms with Crippen LogP contribution in [0.4, 0.5) is 4.39 Å². The van der Waals surface area contributed by atoms with Crippen LogP contribution in [-0.4, -0.2) is 29.5 Å². The first-order valence-corrected chi connectivity index (χ1v) is 11.4. The molecule has 2 aliphatic carbocycles. The lowest BCUT2D eigenvalue weighted by Crippen LogP contribution is -2.36. The van der Waals surface area contributed by atoms with Crippen LogP contribution in [0.5, 0.6) is 0 Å². The molecule has 152 valence electrons. The number of hydrogen-bond donors (Lipinski definition) is 0. The van der Waals surface area contributed by atoms with E-state index in [1.165, 1.54) is 49.0 Å². The largest absolute Gasteiger partial charge is 0.293 e. The van der Waals surface area contributed by atoms with Crippen LogP contribution in [0.25, 0.3) is 0 Å². The first-order valence-electron chi connectivity index (χ1n) is 11.4. The van der Waals surface area contributed by atoms with E-state index in [0.717, 1.165) is 24.8 Å². The van der Waals surface area contributed by atoms with Gasteiger partial charge in [-0.15, -0.1) is 0 Å². The lowest BCUT2D eigenvalue weighted by atomic mass is 9.79. The zero-order valence-electron chi connectivity index (χ0n) is 17.5. The van der Waals surface area contributed by atoms with Crippen molar-refractivity contribution >= 4 is 5.71 Å². The minimum Gasteiger partial charge on any atom is -0.293 e. The van der Waals surface area contributed by atoms with Crippen molar-refractivity contribution in [3.8, 4) is 0 Å². The molecule has 0 bridgehead atoms. The van der Waals surface area contributed by atoms with Gasteiger partial charge in [0.15, 0.2) is 0 Å². The van der Waals surface area contributed by atoms with Crippen molar-refractivity contribution in [2.24, 2.45) is 22.9 Å². The molecule has 1 aliphatic heterocycles. The van der Waals surface area contributed by atoms with Gasteiger partial charge < -0.3 is 0 Å². The summed E-state index contributed by atoms with van der Waals surface area (Å²) in [6, 6.07) is 11.0. The molecule has 28 heavy (non-hydrogen) atoms. The monoisotopic (exact) mass is 382 g/mol. The lowest BCUT2D eigenvalue weighted by molar-refractivity contribution is 0.152. The van der Waals surface area contributed by atoms with Gasteiger partial charge in [0.2, 0.25) is 0 Å². The van der Waals surface area contributed by atoms with Gasteiger partial charge in [-0.2, -0.15) is 5.10 Å². The molecule has 3 atom stereocenters. The molecule has 0 amide bonds. The van der Waals surface area contributed by atoms with E-state index in [1.54, 1.807) is 0 Å². The molecular formula is C25H35FN2. The van der Waals surface area contributed by atoms with E-state index in [9.17, 15) is 4.39 Å². The lowest BCUT2D eigenvalue weighted by Gasteiger charge is -2.33. The van der Waals surface area contributed by atoms with Gasteiger partial charge in [0.1, 0.15) is 6.17 Å². The van der Waals surface area contributed by atoms with E-state index in [0.29, 0.717) is 24.8 Å². The predicted molar refractivity (Wildman–Crippen MR) is 115 cm³/mol. The maximum Gasteiger partial charge on any atom is 0.104 e. The number of halogens is 1. The summed E-state index contributed by atoms with van der Waals surface area (Å²) in [5, 5.41) is 7.53. The second kappa shape index (κ2) is 8.80. The molecule has 3 unspecified atom stereocenters. The Morgan fingerprint density at radius 3 is 2.39 bits per heavy atom. The Morgan fingerprint density at radius 2 is 1.75 bits per heavy atom. The third kappa shape index (κ3) is 4.18. The van der Waals surface area contributed by atoms with Gasteiger partial charge in [0.25, 0.3) is 0 Å². The number of allylic oxidation sites excluding steroid dienone is 1. The van der Waals surface area contributed by atoms with Crippen LogP contribution in [0.15, 0.2) is 47.1 Å². The van der Waals surface area contributed by atoms with Crippen LogP contribution in [0, 0.1) is 17.8 Å². The summed E-state index contributed by atoms with van der Waals surface area (Å²) >= 11 is 0. The standard InChI is InChI=1S/C25H35FN2/c1-3-19-9-11-20(12-10-19)17-28-18(2)24(21-13-15-23(26)16-14-21)25(27-28)22-7-5-4-6-8-22/h4-8,13,18-20,23-24H,3,9-12,14-17H2,1-2H3. The van der Waals surface area contributed by atoms with Crippen molar-refractivity contribution < 1.29 is 4.39 Å². The number of hydrogen-bond acceptors (Lipinski definition) is 2. The Kier molecular flexibility index (Phi) is 6.18. The molecule has 1 aromatic rings. The van der Waals surface area contributed by atoms with Gasteiger partial charge in [0.05, 0.1) is 11.8 Å². The number of rotatable bonds is 5. The molecule has 0 spiro atoms. The first-order chi connectivity index (χ1) is 13.7.